The highest BCUT2D eigenvalue weighted by molar-refractivity contribution is 5.79. The van der Waals surface area contributed by atoms with E-state index in [-0.39, 0.29) is 5.54 Å². The molecule has 0 radical (unpaired) electrons. The van der Waals surface area contributed by atoms with E-state index in [1.54, 1.807) is 0 Å². The molecule has 0 aromatic rings. The smallest absolute Gasteiger partial charge is 0.191 e. The van der Waals surface area contributed by atoms with E-state index >= 15 is 0 Å². The largest absolute Gasteiger partial charge is 0.356 e. The van der Waals surface area contributed by atoms with Crippen molar-refractivity contribution in [3.63, 3.8) is 0 Å². The third kappa shape index (κ3) is 5.31. The Kier molecular flexibility index (Phi) is 6.80. The van der Waals surface area contributed by atoms with Crippen molar-refractivity contribution >= 4 is 5.96 Å². The van der Waals surface area contributed by atoms with Gasteiger partial charge in [0.1, 0.15) is 0 Å². The highest BCUT2D eigenvalue weighted by atomic mass is 15.2. The van der Waals surface area contributed by atoms with Crippen molar-refractivity contribution in [2.24, 2.45) is 16.8 Å². The van der Waals surface area contributed by atoms with Crippen LogP contribution in [0.15, 0.2) is 4.99 Å². The van der Waals surface area contributed by atoms with Gasteiger partial charge in [0, 0.05) is 38.8 Å². The summed E-state index contributed by atoms with van der Waals surface area (Å²) >= 11 is 0. The first-order chi connectivity index (χ1) is 9.39. The van der Waals surface area contributed by atoms with E-state index in [0.717, 1.165) is 37.3 Å². The Morgan fingerprint density at radius 2 is 1.80 bits per heavy atom. The standard InChI is InChI=1S/C16H34N4/c1-7-8-18-15(17-6)19-12-16(4,5)20-10-13(2)9-14(3)11-20/h13-14H,7-12H2,1-6H3,(H2,17,18,19). The van der Waals surface area contributed by atoms with Crippen molar-refractivity contribution in [1.82, 2.24) is 15.5 Å². The molecule has 1 aliphatic rings. The zero-order valence-electron chi connectivity index (χ0n) is 14.3. The molecule has 20 heavy (non-hydrogen) atoms. The Hall–Kier alpha value is -0.770. The van der Waals surface area contributed by atoms with Gasteiger partial charge in [-0.3, -0.25) is 9.89 Å². The number of likely N-dealkylation sites (tertiary alicyclic amines) is 1. The second-order valence-electron chi connectivity index (χ2n) is 7.02. The van der Waals surface area contributed by atoms with Crippen LogP contribution in [0, 0.1) is 11.8 Å². The van der Waals surface area contributed by atoms with E-state index in [1.165, 1.54) is 19.5 Å². The number of guanidine groups is 1. The van der Waals surface area contributed by atoms with E-state index in [4.69, 9.17) is 0 Å². The third-order valence-corrected chi connectivity index (χ3v) is 4.18. The molecule has 2 atom stereocenters. The van der Waals surface area contributed by atoms with Crippen LogP contribution in [0.2, 0.25) is 0 Å². The molecule has 1 saturated heterocycles. The zero-order chi connectivity index (χ0) is 15.2. The lowest BCUT2D eigenvalue weighted by Crippen LogP contribution is -2.57. The molecule has 1 rings (SSSR count). The first-order valence-electron chi connectivity index (χ1n) is 8.08. The molecule has 0 aliphatic carbocycles. The summed E-state index contributed by atoms with van der Waals surface area (Å²) in [5.41, 5.74) is 0.159. The molecule has 0 bridgehead atoms. The quantitative estimate of drug-likeness (QED) is 0.600. The SMILES string of the molecule is CCCNC(=NC)NCC(C)(C)N1CC(C)CC(C)C1. The molecule has 0 aromatic carbocycles. The van der Waals surface area contributed by atoms with Crippen LogP contribution in [0.5, 0.6) is 0 Å². The summed E-state index contributed by atoms with van der Waals surface area (Å²) in [6, 6.07) is 0. The minimum atomic E-state index is 0.159. The van der Waals surface area contributed by atoms with Gasteiger partial charge in [-0.2, -0.15) is 0 Å². The first kappa shape index (κ1) is 17.3. The molecule has 1 fully saturated rings. The van der Waals surface area contributed by atoms with Crippen LogP contribution in [0.25, 0.3) is 0 Å². The van der Waals surface area contributed by atoms with Crippen molar-refractivity contribution in [1.29, 1.82) is 0 Å². The van der Waals surface area contributed by atoms with Crippen LogP contribution in [0.4, 0.5) is 0 Å². The summed E-state index contributed by atoms with van der Waals surface area (Å²) in [5, 5.41) is 6.80. The molecular weight excluding hydrogens is 248 g/mol. The van der Waals surface area contributed by atoms with Crippen molar-refractivity contribution in [3.8, 4) is 0 Å². The minimum Gasteiger partial charge on any atom is -0.356 e. The van der Waals surface area contributed by atoms with Crippen LogP contribution >= 0.6 is 0 Å². The zero-order valence-corrected chi connectivity index (χ0v) is 14.3. The maximum atomic E-state index is 4.28. The Morgan fingerprint density at radius 1 is 1.20 bits per heavy atom. The van der Waals surface area contributed by atoms with Crippen LogP contribution in [-0.2, 0) is 0 Å². The molecular formula is C16H34N4. The van der Waals surface area contributed by atoms with Crippen molar-refractivity contribution in [2.75, 3.05) is 33.2 Å². The molecule has 4 nitrogen and oxygen atoms in total. The minimum absolute atomic E-state index is 0.159. The number of nitrogens with one attached hydrogen (secondary N) is 2. The summed E-state index contributed by atoms with van der Waals surface area (Å²) in [6.45, 7) is 15.9. The number of hydrogen-bond donors (Lipinski definition) is 2. The molecule has 1 aliphatic heterocycles. The normalized spacial score (nSPS) is 25.6. The molecule has 4 heteroatoms. The molecule has 0 saturated carbocycles. The van der Waals surface area contributed by atoms with Crippen LogP contribution in [0.1, 0.15) is 47.5 Å². The van der Waals surface area contributed by atoms with E-state index in [2.05, 4.69) is 55.1 Å². The number of rotatable bonds is 5. The van der Waals surface area contributed by atoms with E-state index in [1.807, 2.05) is 7.05 Å². The number of aliphatic imine (C=N–C) groups is 1. The van der Waals surface area contributed by atoms with Crippen LogP contribution in [-0.4, -0.2) is 49.6 Å². The van der Waals surface area contributed by atoms with Gasteiger partial charge in [-0.25, -0.2) is 0 Å². The molecule has 118 valence electrons. The average Bonchev–Trinajstić information content (AvgIpc) is 2.38. The van der Waals surface area contributed by atoms with Gasteiger partial charge in [-0.1, -0.05) is 20.8 Å². The van der Waals surface area contributed by atoms with Gasteiger partial charge in [-0.05, 0) is 38.5 Å². The van der Waals surface area contributed by atoms with Gasteiger partial charge in [0.15, 0.2) is 5.96 Å². The number of nitrogens with zero attached hydrogens (tertiary/aromatic N) is 2. The molecule has 2 N–H and O–H groups in total. The Labute approximate surface area is 125 Å². The average molecular weight is 282 g/mol. The number of piperidine rings is 1. The fourth-order valence-electron chi connectivity index (χ4n) is 3.03. The maximum absolute atomic E-state index is 4.28. The van der Waals surface area contributed by atoms with Crippen LogP contribution < -0.4 is 10.6 Å². The van der Waals surface area contributed by atoms with Gasteiger partial charge < -0.3 is 10.6 Å². The van der Waals surface area contributed by atoms with E-state index < -0.39 is 0 Å². The monoisotopic (exact) mass is 282 g/mol. The lowest BCUT2D eigenvalue weighted by atomic mass is 9.88. The predicted octanol–water partition coefficient (Wildman–Crippen LogP) is 2.32. The van der Waals surface area contributed by atoms with Crippen molar-refractivity contribution in [2.45, 2.75) is 53.0 Å². The summed E-state index contributed by atoms with van der Waals surface area (Å²) in [5.74, 6) is 2.52. The summed E-state index contributed by atoms with van der Waals surface area (Å²) in [7, 11) is 1.84. The van der Waals surface area contributed by atoms with E-state index in [9.17, 15) is 0 Å². The summed E-state index contributed by atoms with van der Waals surface area (Å²) in [6.07, 6.45) is 2.48. The van der Waals surface area contributed by atoms with Crippen LogP contribution in [0.3, 0.4) is 0 Å². The van der Waals surface area contributed by atoms with Crippen molar-refractivity contribution in [3.05, 3.63) is 0 Å². The lowest BCUT2D eigenvalue weighted by molar-refractivity contribution is 0.0483. The highest BCUT2D eigenvalue weighted by Crippen LogP contribution is 2.26. The van der Waals surface area contributed by atoms with Crippen molar-refractivity contribution < 1.29 is 0 Å². The third-order valence-electron chi connectivity index (χ3n) is 4.18. The Morgan fingerprint density at radius 3 is 2.30 bits per heavy atom. The molecule has 0 amide bonds. The highest BCUT2D eigenvalue weighted by Gasteiger charge is 2.32. The van der Waals surface area contributed by atoms with E-state index in [0.29, 0.717) is 0 Å². The molecule has 2 unspecified atom stereocenters. The Bertz CT molecular complexity index is 302. The fraction of sp³-hybridized carbons (Fsp3) is 0.938. The molecule has 1 heterocycles. The van der Waals surface area contributed by atoms with Gasteiger partial charge in [-0.15, -0.1) is 0 Å². The van der Waals surface area contributed by atoms with Gasteiger partial charge in [0.05, 0.1) is 0 Å². The van der Waals surface area contributed by atoms with Gasteiger partial charge in [0.2, 0.25) is 0 Å². The second kappa shape index (κ2) is 7.87. The second-order valence-corrected chi connectivity index (χ2v) is 7.02. The summed E-state index contributed by atoms with van der Waals surface area (Å²) in [4.78, 5) is 6.91. The predicted molar refractivity (Wildman–Crippen MR) is 88.3 cm³/mol. The van der Waals surface area contributed by atoms with Gasteiger partial charge in [0.25, 0.3) is 0 Å². The number of hydrogen-bond acceptors (Lipinski definition) is 2. The lowest BCUT2D eigenvalue weighted by Gasteiger charge is -2.45. The molecule has 0 aromatic heterocycles. The molecule has 0 spiro atoms. The first-order valence-corrected chi connectivity index (χ1v) is 8.08. The topological polar surface area (TPSA) is 39.7 Å². The van der Waals surface area contributed by atoms with Gasteiger partial charge >= 0.3 is 0 Å². The Balaban J connectivity index is 2.51. The maximum Gasteiger partial charge on any atom is 0.191 e. The fourth-order valence-corrected chi connectivity index (χ4v) is 3.03. The summed E-state index contributed by atoms with van der Waals surface area (Å²) < 4.78 is 0.